The highest BCUT2D eigenvalue weighted by atomic mass is 35.5. The molecule has 0 unspecified atom stereocenters. The Kier molecular flexibility index (Phi) is 5.08. The van der Waals surface area contributed by atoms with Gasteiger partial charge in [-0.25, -0.2) is 4.98 Å². The zero-order chi connectivity index (χ0) is 17.1. The van der Waals surface area contributed by atoms with Crippen molar-refractivity contribution in [1.82, 2.24) is 15.2 Å². The summed E-state index contributed by atoms with van der Waals surface area (Å²) in [7, 11) is 0. The zero-order valence-corrected chi connectivity index (χ0v) is 15.2. The van der Waals surface area contributed by atoms with Crippen molar-refractivity contribution < 1.29 is 8.83 Å². The molecule has 0 spiro atoms. The van der Waals surface area contributed by atoms with Crippen LogP contribution in [0.25, 0.3) is 11.3 Å². The van der Waals surface area contributed by atoms with Crippen LogP contribution in [0, 0.1) is 0 Å². The summed E-state index contributed by atoms with van der Waals surface area (Å²) in [5.41, 5.74) is 0.950. The van der Waals surface area contributed by atoms with E-state index in [-0.39, 0.29) is 0 Å². The van der Waals surface area contributed by atoms with Crippen LogP contribution in [0.5, 0.6) is 0 Å². The van der Waals surface area contributed by atoms with E-state index in [0.717, 1.165) is 30.1 Å². The first-order chi connectivity index (χ1) is 12.3. The van der Waals surface area contributed by atoms with Crippen molar-refractivity contribution in [3.05, 3.63) is 47.3 Å². The monoisotopic (exact) mass is 375 g/mol. The molecule has 3 aromatic rings. The Morgan fingerprint density at radius 1 is 1.04 bits per heavy atom. The van der Waals surface area contributed by atoms with Gasteiger partial charge in [-0.15, -0.1) is 10.2 Å². The lowest BCUT2D eigenvalue weighted by Gasteiger charge is -2.17. The van der Waals surface area contributed by atoms with Crippen LogP contribution in [0.15, 0.2) is 44.5 Å². The molecule has 0 aliphatic heterocycles. The van der Waals surface area contributed by atoms with Gasteiger partial charge in [-0.1, -0.05) is 42.6 Å². The molecule has 4 rings (SSSR count). The highest BCUT2D eigenvalue weighted by Gasteiger charge is 2.21. The topological polar surface area (TPSA) is 65.0 Å². The molecule has 1 aromatic carbocycles. The zero-order valence-electron chi connectivity index (χ0n) is 13.7. The van der Waals surface area contributed by atoms with Gasteiger partial charge in [0.05, 0.1) is 11.9 Å². The van der Waals surface area contributed by atoms with Gasteiger partial charge in [-0.05, 0) is 37.1 Å². The molecule has 2 heterocycles. The van der Waals surface area contributed by atoms with Crippen molar-refractivity contribution >= 4 is 23.4 Å². The average molecular weight is 376 g/mol. The van der Waals surface area contributed by atoms with E-state index in [4.69, 9.17) is 20.4 Å². The minimum Gasteiger partial charge on any atom is -0.440 e. The van der Waals surface area contributed by atoms with Gasteiger partial charge in [-0.3, -0.25) is 0 Å². The first-order valence-corrected chi connectivity index (χ1v) is 9.81. The number of oxazole rings is 1. The van der Waals surface area contributed by atoms with Crippen LogP contribution in [0.4, 0.5) is 0 Å². The molecule has 130 valence electrons. The third-order valence-corrected chi connectivity index (χ3v) is 5.43. The summed E-state index contributed by atoms with van der Waals surface area (Å²) < 4.78 is 11.6. The lowest BCUT2D eigenvalue weighted by Crippen LogP contribution is -2.04. The fourth-order valence-electron chi connectivity index (χ4n) is 3.04. The molecule has 7 heteroatoms. The normalized spacial score (nSPS) is 15.6. The number of thioether (sulfide) groups is 1. The van der Waals surface area contributed by atoms with Gasteiger partial charge in [0.15, 0.2) is 5.76 Å². The second kappa shape index (κ2) is 7.62. The Hall–Kier alpha value is -1.79. The summed E-state index contributed by atoms with van der Waals surface area (Å²) in [4.78, 5) is 4.32. The highest BCUT2D eigenvalue weighted by Crippen LogP contribution is 2.33. The van der Waals surface area contributed by atoms with Gasteiger partial charge < -0.3 is 8.83 Å². The summed E-state index contributed by atoms with van der Waals surface area (Å²) in [5.74, 6) is 3.11. The summed E-state index contributed by atoms with van der Waals surface area (Å²) in [5, 5.41) is 9.63. The van der Waals surface area contributed by atoms with Gasteiger partial charge in [0.2, 0.25) is 11.8 Å². The van der Waals surface area contributed by atoms with E-state index in [0.29, 0.717) is 27.8 Å². The lowest BCUT2D eigenvalue weighted by molar-refractivity contribution is 0.334. The summed E-state index contributed by atoms with van der Waals surface area (Å²) in [6, 6.07) is 7.49. The third-order valence-electron chi connectivity index (χ3n) is 4.38. The van der Waals surface area contributed by atoms with Crippen LogP contribution in [0.1, 0.15) is 49.8 Å². The molecule has 1 aliphatic carbocycles. The Morgan fingerprint density at radius 3 is 2.64 bits per heavy atom. The molecule has 0 atom stereocenters. The van der Waals surface area contributed by atoms with Crippen molar-refractivity contribution in [2.45, 2.75) is 49.0 Å². The molecule has 1 fully saturated rings. The minimum atomic E-state index is 0.425. The van der Waals surface area contributed by atoms with Gasteiger partial charge in [0, 0.05) is 16.5 Å². The van der Waals surface area contributed by atoms with Crippen molar-refractivity contribution in [3.63, 3.8) is 0 Å². The van der Waals surface area contributed by atoms with E-state index in [9.17, 15) is 0 Å². The quantitative estimate of drug-likeness (QED) is 0.531. The second-order valence-electron chi connectivity index (χ2n) is 6.15. The number of aromatic nitrogens is 3. The lowest BCUT2D eigenvalue weighted by atomic mass is 9.89. The van der Waals surface area contributed by atoms with Gasteiger partial charge in [0.1, 0.15) is 0 Å². The highest BCUT2D eigenvalue weighted by molar-refractivity contribution is 7.98. The molecule has 1 aliphatic rings. The number of hydrogen-bond donors (Lipinski definition) is 0. The van der Waals surface area contributed by atoms with Crippen molar-refractivity contribution in [2.24, 2.45) is 0 Å². The number of halogens is 1. The summed E-state index contributed by atoms with van der Waals surface area (Å²) in [6.45, 7) is 0. The Bertz CT molecular complexity index is 825. The van der Waals surface area contributed by atoms with Crippen LogP contribution < -0.4 is 0 Å². The summed E-state index contributed by atoms with van der Waals surface area (Å²) in [6.07, 6.45) is 7.83. The molecule has 2 aromatic heterocycles. The molecule has 0 N–H and O–H groups in total. The predicted molar refractivity (Wildman–Crippen MR) is 96.6 cm³/mol. The molecule has 5 nitrogen and oxygen atoms in total. The van der Waals surface area contributed by atoms with Crippen LogP contribution in [0.3, 0.4) is 0 Å². The number of hydrogen-bond acceptors (Lipinski definition) is 6. The van der Waals surface area contributed by atoms with E-state index >= 15 is 0 Å². The van der Waals surface area contributed by atoms with Crippen molar-refractivity contribution in [3.8, 4) is 11.3 Å². The number of nitrogens with zero attached hydrogens (tertiary/aromatic N) is 3. The molecule has 0 saturated heterocycles. The van der Waals surface area contributed by atoms with Crippen molar-refractivity contribution in [1.29, 1.82) is 0 Å². The van der Waals surface area contributed by atoms with Crippen molar-refractivity contribution in [2.75, 3.05) is 0 Å². The van der Waals surface area contributed by atoms with Gasteiger partial charge in [-0.2, -0.15) is 0 Å². The Labute approximate surface area is 155 Å². The Morgan fingerprint density at radius 2 is 1.84 bits per heavy atom. The fraction of sp³-hybridized carbons (Fsp3) is 0.389. The third kappa shape index (κ3) is 4.07. The first kappa shape index (κ1) is 16.7. The molecule has 25 heavy (non-hydrogen) atoms. The maximum Gasteiger partial charge on any atom is 0.277 e. The SMILES string of the molecule is Clc1ccc(-c2cnc(CSc3nnc(C4CCCCC4)o3)o2)cc1. The smallest absolute Gasteiger partial charge is 0.277 e. The Balaban J connectivity index is 1.37. The van der Waals surface area contributed by atoms with E-state index in [1.807, 2.05) is 24.3 Å². The largest absolute Gasteiger partial charge is 0.440 e. The van der Waals surface area contributed by atoms with Gasteiger partial charge >= 0.3 is 0 Å². The fourth-order valence-corrected chi connectivity index (χ4v) is 3.79. The maximum absolute atomic E-state index is 5.91. The number of benzene rings is 1. The maximum atomic E-state index is 5.91. The molecule has 0 bridgehead atoms. The predicted octanol–water partition coefficient (Wildman–Crippen LogP) is 5.72. The number of rotatable bonds is 5. The van der Waals surface area contributed by atoms with E-state index in [1.165, 1.54) is 31.0 Å². The van der Waals surface area contributed by atoms with Gasteiger partial charge in [0.25, 0.3) is 5.22 Å². The molecular formula is C18H18ClN3O2S. The molecular weight excluding hydrogens is 358 g/mol. The molecule has 0 radical (unpaired) electrons. The first-order valence-electron chi connectivity index (χ1n) is 8.45. The minimum absolute atomic E-state index is 0.425. The standard InChI is InChI=1S/C18H18ClN3O2S/c19-14-8-6-12(7-9-14)15-10-20-16(23-15)11-25-18-22-21-17(24-18)13-4-2-1-3-5-13/h6-10,13H,1-5,11H2. The van der Waals surface area contributed by atoms with Crippen LogP contribution in [-0.4, -0.2) is 15.2 Å². The van der Waals surface area contributed by atoms with Crippen LogP contribution >= 0.6 is 23.4 Å². The van der Waals surface area contributed by atoms with Crippen LogP contribution in [0.2, 0.25) is 5.02 Å². The van der Waals surface area contributed by atoms with E-state index < -0.39 is 0 Å². The average Bonchev–Trinajstić information content (AvgIpc) is 3.31. The van der Waals surface area contributed by atoms with Crippen LogP contribution in [-0.2, 0) is 5.75 Å². The molecule has 1 saturated carbocycles. The molecule has 0 amide bonds. The summed E-state index contributed by atoms with van der Waals surface area (Å²) >= 11 is 7.36. The second-order valence-corrected chi connectivity index (χ2v) is 7.52. The van der Waals surface area contributed by atoms with E-state index in [2.05, 4.69) is 15.2 Å². The van der Waals surface area contributed by atoms with E-state index in [1.54, 1.807) is 6.20 Å².